The van der Waals surface area contributed by atoms with Crippen LogP contribution >= 0.6 is 0 Å². The van der Waals surface area contributed by atoms with E-state index in [1.54, 1.807) is 6.92 Å². The van der Waals surface area contributed by atoms with Crippen LogP contribution in [0.2, 0.25) is 0 Å². The van der Waals surface area contributed by atoms with Gasteiger partial charge in [-0.1, -0.05) is 6.07 Å². The molecule has 4 nitrogen and oxygen atoms in total. The highest BCUT2D eigenvalue weighted by atomic mass is 19.1. The third-order valence-corrected chi connectivity index (χ3v) is 1.69. The van der Waals surface area contributed by atoms with E-state index < -0.39 is 17.3 Å². The lowest BCUT2D eigenvalue weighted by molar-refractivity contribution is 0.0211. The molecule has 0 saturated carbocycles. The second kappa shape index (κ2) is 5.31. The number of rotatable bonds is 5. The summed E-state index contributed by atoms with van der Waals surface area (Å²) in [6.07, 6.45) is 0. The molecule has 0 unspecified atom stereocenters. The summed E-state index contributed by atoms with van der Waals surface area (Å²) in [5.74, 6) is -2.22. The van der Waals surface area contributed by atoms with Crippen molar-refractivity contribution in [2.24, 2.45) is 0 Å². The van der Waals surface area contributed by atoms with Crippen molar-refractivity contribution in [3.8, 4) is 5.75 Å². The van der Waals surface area contributed by atoms with Gasteiger partial charge in [0.25, 0.3) is 0 Å². The van der Waals surface area contributed by atoms with E-state index in [2.05, 4.69) is 0 Å². The Balaban J connectivity index is 2.86. The molecule has 1 aromatic rings. The third-order valence-electron chi connectivity index (χ3n) is 1.69. The molecule has 0 aliphatic rings. The number of aromatic carboxylic acids is 1. The highest BCUT2D eigenvalue weighted by molar-refractivity contribution is 5.91. The summed E-state index contributed by atoms with van der Waals surface area (Å²) in [4.78, 5) is 10.7. The van der Waals surface area contributed by atoms with Crippen LogP contribution in [0.5, 0.6) is 5.75 Å². The Bertz CT molecular complexity index is 351. The lowest BCUT2D eigenvalue weighted by Crippen LogP contribution is -2.08. The summed E-state index contributed by atoms with van der Waals surface area (Å²) in [7, 11) is 0. The number of carboxylic acids is 1. The monoisotopic (exact) mass is 214 g/mol. The van der Waals surface area contributed by atoms with Crippen molar-refractivity contribution in [3.63, 3.8) is 0 Å². The first-order valence-electron chi connectivity index (χ1n) is 4.39. The number of benzene rings is 1. The van der Waals surface area contributed by atoms with Crippen LogP contribution in [0.15, 0.2) is 18.2 Å². The van der Waals surface area contributed by atoms with Gasteiger partial charge in [0.05, 0.1) is 0 Å². The van der Waals surface area contributed by atoms with Gasteiger partial charge in [-0.25, -0.2) is 9.18 Å². The summed E-state index contributed by atoms with van der Waals surface area (Å²) in [6.45, 7) is 2.12. The molecule has 5 heteroatoms. The van der Waals surface area contributed by atoms with E-state index >= 15 is 0 Å². The summed E-state index contributed by atoms with van der Waals surface area (Å²) < 4.78 is 23.0. The maximum Gasteiger partial charge on any atom is 0.342 e. The molecule has 0 aliphatic carbocycles. The molecule has 0 amide bonds. The van der Waals surface area contributed by atoms with Gasteiger partial charge in [-0.15, -0.1) is 0 Å². The topological polar surface area (TPSA) is 55.8 Å². The lowest BCUT2D eigenvalue weighted by Gasteiger charge is -2.08. The molecular weight excluding hydrogens is 203 g/mol. The smallest absolute Gasteiger partial charge is 0.342 e. The number of hydrogen-bond donors (Lipinski definition) is 1. The Kier molecular flexibility index (Phi) is 4.05. The summed E-state index contributed by atoms with van der Waals surface area (Å²) in [5.41, 5.74) is -0.475. The Morgan fingerprint density at radius 3 is 2.87 bits per heavy atom. The molecule has 15 heavy (non-hydrogen) atoms. The Morgan fingerprint density at radius 2 is 2.27 bits per heavy atom. The minimum atomic E-state index is -1.36. The zero-order valence-electron chi connectivity index (χ0n) is 8.20. The number of halogens is 1. The van der Waals surface area contributed by atoms with Gasteiger partial charge in [-0.05, 0) is 19.1 Å². The van der Waals surface area contributed by atoms with Crippen LogP contribution in [0.25, 0.3) is 0 Å². The summed E-state index contributed by atoms with van der Waals surface area (Å²) in [6, 6.07) is 3.82. The van der Waals surface area contributed by atoms with Crippen LogP contribution in [-0.4, -0.2) is 24.5 Å². The van der Waals surface area contributed by atoms with Crippen LogP contribution < -0.4 is 4.74 Å². The molecule has 0 fully saturated rings. The molecule has 0 spiro atoms. The Morgan fingerprint density at radius 1 is 1.53 bits per heavy atom. The van der Waals surface area contributed by atoms with Gasteiger partial charge >= 0.3 is 5.97 Å². The van der Waals surface area contributed by atoms with E-state index in [0.29, 0.717) is 6.61 Å². The number of hydrogen-bond acceptors (Lipinski definition) is 3. The molecule has 1 aromatic carbocycles. The third kappa shape index (κ3) is 2.92. The van der Waals surface area contributed by atoms with Gasteiger partial charge in [-0.3, -0.25) is 0 Å². The zero-order valence-corrected chi connectivity index (χ0v) is 8.20. The highest BCUT2D eigenvalue weighted by Crippen LogP contribution is 2.21. The molecule has 0 aliphatic heterocycles. The first kappa shape index (κ1) is 11.5. The maximum absolute atomic E-state index is 13.1. The van der Waals surface area contributed by atoms with Crippen LogP contribution in [0.4, 0.5) is 4.39 Å². The SMILES string of the molecule is CCOCOc1cccc(F)c1C(=O)O. The molecule has 0 radical (unpaired) electrons. The van der Waals surface area contributed by atoms with Crippen molar-refractivity contribution in [2.45, 2.75) is 6.92 Å². The van der Waals surface area contributed by atoms with Crippen LogP contribution in [0.1, 0.15) is 17.3 Å². The minimum Gasteiger partial charge on any atom is -0.477 e. The Hall–Kier alpha value is -1.62. The molecule has 0 atom stereocenters. The van der Waals surface area contributed by atoms with E-state index in [4.69, 9.17) is 14.6 Å². The molecule has 1 N–H and O–H groups in total. The van der Waals surface area contributed by atoms with Crippen molar-refractivity contribution in [1.82, 2.24) is 0 Å². The Labute approximate surface area is 86.2 Å². The van der Waals surface area contributed by atoms with Gasteiger partial charge in [0.15, 0.2) is 6.79 Å². The molecule has 1 rings (SSSR count). The van der Waals surface area contributed by atoms with Gasteiger partial charge in [0.2, 0.25) is 0 Å². The van der Waals surface area contributed by atoms with Crippen LogP contribution in [-0.2, 0) is 4.74 Å². The summed E-state index contributed by atoms with van der Waals surface area (Å²) in [5, 5.41) is 8.74. The molecule has 82 valence electrons. The van der Waals surface area contributed by atoms with Crippen molar-refractivity contribution < 1.29 is 23.8 Å². The van der Waals surface area contributed by atoms with Gasteiger partial charge < -0.3 is 14.6 Å². The predicted molar refractivity (Wildman–Crippen MR) is 50.5 cm³/mol. The second-order valence-corrected chi connectivity index (χ2v) is 2.67. The largest absolute Gasteiger partial charge is 0.477 e. The second-order valence-electron chi connectivity index (χ2n) is 2.67. The maximum atomic E-state index is 13.1. The zero-order chi connectivity index (χ0) is 11.3. The van der Waals surface area contributed by atoms with Crippen molar-refractivity contribution in [2.75, 3.05) is 13.4 Å². The number of carboxylic acid groups (broad SMARTS) is 1. The van der Waals surface area contributed by atoms with E-state index in [0.717, 1.165) is 6.07 Å². The van der Waals surface area contributed by atoms with E-state index in [-0.39, 0.29) is 12.5 Å². The van der Waals surface area contributed by atoms with Crippen molar-refractivity contribution in [3.05, 3.63) is 29.6 Å². The quantitative estimate of drug-likeness (QED) is 0.600. The van der Waals surface area contributed by atoms with E-state index in [1.807, 2.05) is 0 Å². The fourth-order valence-corrected chi connectivity index (χ4v) is 1.02. The molecular formula is C10H11FO4. The van der Waals surface area contributed by atoms with E-state index in [9.17, 15) is 9.18 Å². The predicted octanol–water partition coefficient (Wildman–Crippen LogP) is 1.90. The number of ether oxygens (including phenoxy) is 2. The first-order chi connectivity index (χ1) is 7.16. The highest BCUT2D eigenvalue weighted by Gasteiger charge is 2.16. The van der Waals surface area contributed by atoms with Gasteiger partial charge in [0, 0.05) is 6.61 Å². The van der Waals surface area contributed by atoms with Crippen molar-refractivity contribution >= 4 is 5.97 Å². The average Bonchev–Trinajstić information content (AvgIpc) is 2.17. The minimum absolute atomic E-state index is 0.0315. The standard InChI is InChI=1S/C10H11FO4/c1-2-14-6-15-8-5-3-4-7(11)9(8)10(12)13/h3-5H,2,6H2,1H3,(H,12,13). The fraction of sp³-hybridized carbons (Fsp3) is 0.300. The van der Waals surface area contributed by atoms with Gasteiger partial charge in [-0.2, -0.15) is 0 Å². The molecule has 0 aromatic heterocycles. The lowest BCUT2D eigenvalue weighted by atomic mass is 10.2. The van der Waals surface area contributed by atoms with E-state index in [1.165, 1.54) is 12.1 Å². The van der Waals surface area contributed by atoms with Crippen LogP contribution in [0, 0.1) is 5.82 Å². The molecule has 0 saturated heterocycles. The first-order valence-corrected chi connectivity index (χ1v) is 4.39. The van der Waals surface area contributed by atoms with Crippen LogP contribution in [0.3, 0.4) is 0 Å². The normalized spacial score (nSPS) is 10.0. The molecule has 0 heterocycles. The van der Waals surface area contributed by atoms with Gasteiger partial charge in [0.1, 0.15) is 17.1 Å². The fourth-order valence-electron chi connectivity index (χ4n) is 1.02. The molecule has 0 bridgehead atoms. The summed E-state index contributed by atoms with van der Waals surface area (Å²) >= 11 is 0. The van der Waals surface area contributed by atoms with Crippen molar-refractivity contribution in [1.29, 1.82) is 0 Å². The number of carbonyl (C=O) groups is 1. The average molecular weight is 214 g/mol.